The minimum Gasteiger partial charge on any atom is -0.368 e. The highest BCUT2D eigenvalue weighted by Gasteiger charge is 2.41. The first-order valence-electron chi connectivity index (χ1n) is 6.14. The third-order valence-corrected chi connectivity index (χ3v) is 5.38. The summed E-state index contributed by atoms with van der Waals surface area (Å²) in [6, 6.07) is 0. The van der Waals surface area contributed by atoms with Crippen molar-refractivity contribution in [3.8, 4) is 0 Å². The van der Waals surface area contributed by atoms with Gasteiger partial charge in [0, 0.05) is 5.25 Å². The van der Waals surface area contributed by atoms with E-state index in [1.807, 2.05) is 6.92 Å². The second-order valence-corrected chi connectivity index (χ2v) is 6.90. The van der Waals surface area contributed by atoms with Gasteiger partial charge in [-0.3, -0.25) is 4.79 Å². The van der Waals surface area contributed by atoms with E-state index in [0.29, 0.717) is 5.25 Å². The molecule has 100 valence electrons. The van der Waals surface area contributed by atoms with E-state index in [4.69, 9.17) is 5.73 Å². The Labute approximate surface area is 115 Å². The van der Waals surface area contributed by atoms with Crippen LogP contribution in [0.2, 0.25) is 0 Å². The van der Waals surface area contributed by atoms with Crippen molar-refractivity contribution in [3.63, 3.8) is 0 Å². The van der Waals surface area contributed by atoms with Gasteiger partial charge in [0.2, 0.25) is 5.91 Å². The summed E-state index contributed by atoms with van der Waals surface area (Å²) in [5, 5.41) is 11.6. The van der Waals surface area contributed by atoms with Crippen LogP contribution in [0.4, 0.5) is 0 Å². The number of nitrogens with one attached hydrogen (secondary N) is 1. The van der Waals surface area contributed by atoms with Crippen LogP contribution < -0.4 is 11.1 Å². The number of nitrogens with zero attached hydrogens (tertiary/aromatic N) is 2. The smallest absolute Gasteiger partial charge is 0.237 e. The standard InChI is InChI=1S/C11H18N4OS2/c1-2-13-11(9(12)16)5-3-4-8(6-11)18-10-15-14-7-17-10/h7-8,13H,2-6H2,1H3,(H2,12,16). The van der Waals surface area contributed by atoms with Crippen LogP contribution in [-0.2, 0) is 4.79 Å². The zero-order valence-electron chi connectivity index (χ0n) is 10.4. The van der Waals surface area contributed by atoms with E-state index in [9.17, 15) is 4.79 Å². The molecule has 0 bridgehead atoms. The second-order valence-electron chi connectivity index (χ2n) is 4.52. The van der Waals surface area contributed by atoms with Crippen molar-refractivity contribution in [1.29, 1.82) is 0 Å². The predicted octanol–water partition coefficient (Wildman–Crippen LogP) is 1.41. The van der Waals surface area contributed by atoms with Crippen molar-refractivity contribution in [2.45, 2.75) is 47.7 Å². The molecule has 3 N–H and O–H groups in total. The van der Waals surface area contributed by atoms with Gasteiger partial charge in [-0.1, -0.05) is 30.0 Å². The molecule has 0 spiro atoms. The Bertz CT molecular complexity index is 394. The van der Waals surface area contributed by atoms with Crippen molar-refractivity contribution in [2.75, 3.05) is 6.54 Å². The Morgan fingerprint density at radius 3 is 3.22 bits per heavy atom. The van der Waals surface area contributed by atoms with Gasteiger partial charge in [-0.15, -0.1) is 10.2 Å². The zero-order valence-corrected chi connectivity index (χ0v) is 12.0. The normalized spacial score (nSPS) is 28.2. The fourth-order valence-corrected chi connectivity index (χ4v) is 4.56. The minimum atomic E-state index is -0.532. The summed E-state index contributed by atoms with van der Waals surface area (Å²) in [6.07, 6.45) is 3.74. The number of primary amides is 1. The highest BCUT2D eigenvalue weighted by molar-refractivity contribution is 8.01. The number of hydrogen-bond donors (Lipinski definition) is 2. The van der Waals surface area contributed by atoms with Crippen LogP contribution in [0.3, 0.4) is 0 Å². The Balaban J connectivity index is 2.04. The molecule has 2 atom stereocenters. The number of carbonyl (C=O) groups is 1. The molecule has 0 aliphatic heterocycles. The monoisotopic (exact) mass is 286 g/mol. The van der Waals surface area contributed by atoms with Crippen molar-refractivity contribution in [2.24, 2.45) is 5.73 Å². The maximum atomic E-state index is 11.7. The predicted molar refractivity (Wildman–Crippen MR) is 73.6 cm³/mol. The Kier molecular flexibility index (Phi) is 4.58. The summed E-state index contributed by atoms with van der Waals surface area (Å²) in [5.74, 6) is -0.230. The van der Waals surface area contributed by atoms with E-state index < -0.39 is 5.54 Å². The van der Waals surface area contributed by atoms with Gasteiger partial charge < -0.3 is 11.1 Å². The number of nitrogens with two attached hydrogens (primary N) is 1. The summed E-state index contributed by atoms with van der Waals surface area (Å²) in [4.78, 5) is 11.7. The molecular weight excluding hydrogens is 268 g/mol. The second kappa shape index (κ2) is 5.99. The summed E-state index contributed by atoms with van der Waals surface area (Å²) in [5.41, 5.74) is 6.79. The summed E-state index contributed by atoms with van der Waals surface area (Å²) < 4.78 is 0.969. The van der Waals surface area contributed by atoms with Gasteiger partial charge in [0.15, 0.2) is 4.34 Å². The molecule has 1 heterocycles. The maximum Gasteiger partial charge on any atom is 0.237 e. The lowest BCUT2D eigenvalue weighted by atomic mass is 9.80. The number of amides is 1. The lowest BCUT2D eigenvalue weighted by Gasteiger charge is -2.38. The van der Waals surface area contributed by atoms with Gasteiger partial charge in [-0.25, -0.2) is 0 Å². The van der Waals surface area contributed by atoms with Gasteiger partial charge >= 0.3 is 0 Å². The lowest BCUT2D eigenvalue weighted by molar-refractivity contribution is -0.125. The van der Waals surface area contributed by atoms with E-state index in [0.717, 1.165) is 36.6 Å². The lowest BCUT2D eigenvalue weighted by Crippen LogP contribution is -2.58. The molecule has 1 fully saturated rings. The van der Waals surface area contributed by atoms with Crippen molar-refractivity contribution >= 4 is 29.0 Å². The largest absolute Gasteiger partial charge is 0.368 e. The van der Waals surface area contributed by atoms with Crippen molar-refractivity contribution in [1.82, 2.24) is 15.5 Å². The summed E-state index contributed by atoms with van der Waals surface area (Å²) >= 11 is 3.26. The van der Waals surface area contributed by atoms with Crippen molar-refractivity contribution < 1.29 is 4.79 Å². The topological polar surface area (TPSA) is 80.9 Å². The third-order valence-electron chi connectivity index (χ3n) is 3.30. The van der Waals surface area contributed by atoms with E-state index in [2.05, 4.69) is 15.5 Å². The van der Waals surface area contributed by atoms with Crippen LogP contribution in [0.15, 0.2) is 9.85 Å². The number of rotatable bonds is 5. The maximum absolute atomic E-state index is 11.7. The molecule has 1 aromatic rings. The number of thioether (sulfide) groups is 1. The molecular formula is C11H18N4OS2. The minimum absolute atomic E-state index is 0.230. The first kappa shape index (κ1) is 13.8. The van der Waals surface area contributed by atoms with Crippen LogP contribution in [0.5, 0.6) is 0 Å². The molecule has 18 heavy (non-hydrogen) atoms. The summed E-state index contributed by atoms with van der Waals surface area (Å²) in [7, 11) is 0. The van der Waals surface area contributed by atoms with Crippen LogP contribution in [0, 0.1) is 0 Å². The molecule has 1 saturated carbocycles. The third kappa shape index (κ3) is 3.02. The number of carbonyl (C=O) groups excluding carboxylic acids is 1. The fourth-order valence-electron chi connectivity index (χ4n) is 2.49. The molecule has 0 radical (unpaired) electrons. The highest BCUT2D eigenvalue weighted by Crippen LogP contribution is 2.38. The Morgan fingerprint density at radius 1 is 1.78 bits per heavy atom. The molecule has 7 heteroatoms. The zero-order chi connectivity index (χ0) is 13.0. The first-order valence-corrected chi connectivity index (χ1v) is 7.90. The molecule has 1 amide bonds. The Morgan fingerprint density at radius 2 is 2.61 bits per heavy atom. The molecule has 2 unspecified atom stereocenters. The van der Waals surface area contributed by atoms with Crippen LogP contribution in [0.25, 0.3) is 0 Å². The van der Waals surface area contributed by atoms with Crippen LogP contribution in [0.1, 0.15) is 32.6 Å². The number of likely N-dealkylation sites (N-methyl/N-ethyl adjacent to an activating group) is 1. The SMILES string of the molecule is CCNC1(C(N)=O)CCCC(Sc2nncs2)C1. The van der Waals surface area contributed by atoms with Crippen LogP contribution >= 0.6 is 23.1 Å². The molecule has 1 aliphatic carbocycles. The molecule has 0 saturated heterocycles. The number of aromatic nitrogens is 2. The van der Waals surface area contributed by atoms with Gasteiger partial charge in [0.1, 0.15) is 5.51 Å². The first-order chi connectivity index (χ1) is 8.66. The van der Waals surface area contributed by atoms with Gasteiger partial charge in [-0.2, -0.15) is 0 Å². The fraction of sp³-hybridized carbons (Fsp3) is 0.727. The average molecular weight is 286 g/mol. The van der Waals surface area contributed by atoms with E-state index in [1.165, 1.54) is 0 Å². The van der Waals surface area contributed by atoms with E-state index in [1.54, 1.807) is 28.6 Å². The van der Waals surface area contributed by atoms with E-state index in [-0.39, 0.29) is 5.91 Å². The Hall–Kier alpha value is -0.660. The molecule has 2 rings (SSSR count). The van der Waals surface area contributed by atoms with E-state index >= 15 is 0 Å². The van der Waals surface area contributed by atoms with Crippen molar-refractivity contribution in [3.05, 3.63) is 5.51 Å². The quantitative estimate of drug-likeness (QED) is 0.855. The average Bonchev–Trinajstić information content (AvgIpc) is 2.82. The summed E-state index contributed by atoms with van der Waals surface area (Å²) in [6.45, 7) is 2.77. The molecule has 5 nitrogen and oxygen atoms in total. The number of hydrogen-bond acceptors (Lipinski definition) is 6. The highest BCUT2D eigenvalue weighted by atomic mass is 32.2. The molecule has 0 aromatic carbocycles. The van der Waals surface area contributed by atoms with Gasteiger partial charge in [0.25, 0.3) is 0 Å². The van der Waals surface area contributed by atoms with Gasteiger partial charge in [-0.05, 0) is 32.2 Å². The molecule has 1 aliphatic rings. The van der Waals surface area contributed by atoms with Crippen LogP contribution in [-0.4, -0.2) is 33.4 Å². The van der Waals surface area contributed by atoms with Gasteiger partial charge in [0.05, 0.1) is 5.54 Å². The molecule has 1 aromatic heterocycles.